The topological polar surface area (TPSA) is 95.7 Å². The van der Waals surface area contributed by atoms with Crippen LogP contribution >= 0.6 is 11.6 Å². The van der Waals surface area contributed by atoms with Crippen molar-refractivity contribution in [1.82, 2.24) is 9.55 Å². The first kappa shape index (κ1) is 20.2. The molecule has 2 N–H and O–H groups in total. The predicted molar refractivity (Wildman–Crippen MR) is 114 cm³/mol. The first-order chi connectivity index (χ1) is 14.1. The third-order valence-corrected chi connectivity index (χ3v) is 6.45. The third kappa shape index (κ3) is 3.20. The van der Waals surface area contributed by atoms with Crippen LogP contribution in [-0.2, 0) is 16.6 Å². The molecule has 2 heterocycles. The molecule has 0 aliphatic carbocycles. The van der Waals surface area contributed by atoms with Gasteiger partial charge in [0, 0.05) is 30.2 Å². The lowest BCUT2D eigenvalue weighted by molar-refractivity contribution is 0.425. The summed E-state index contributed by atoms with van der Waals surface area (Å²) in [6, 6.07) is 7.45. The van der Waals surface area contributed by atoms with Gasteiger partial charge in [-0.3, -0.25) is 9.29 Å². The van der Waals surface area contributed by atoms with Gasteiger partial charge in [-0.05, 0) is 29.8 Å². The Morgan fingerprint density at radius 2 is 1.97 bits per heavy atom. The lowest BCUT2D eigenvalue weighted by atomic mass is 10.1. The van der Waals surface area contributed by atoms with E-state index < -0.39 is 15.8 Å². The number of phenolic OH excluding ortho intramolecular Hbond substituents is 1. The van der Waals surface area contributed by atoms with Crippen LogP contribution in [0.15, 0.2) is 42.7 Å². The van der Waals surface area contributed by atoms with Crippen molar-refractivity contribution in [2.45, 2.75) is 6.54 Å². The van der Waals surface area contributed by atoms with Crippen LogP contribution in [0.2, 0.25) is 5.02 Å². The summed E-state index contributed by atoms with van der Waals surface area (Å²) >= 11 is 5.84. The van der Waals surface area contributed by atoms with E-state index in [9.17, 15) is 23.0 Å². The standard InChI is InChI=1S/C20H17ClFN3O4S/c1-24(30(2,28)29)18-12-4-3-7-23-17(12)19(26)16-13(18)10-25(20(16)27)9-11-5-6-15(22)14(21)8-11/h3-8,10,26-27H,9H2,1-2H3. The first-order valence-electron chi connectivity index (χ1n) is 8.79. The number of benzene rings is 2. The molecule has 0 unspecified atom stereocenters. The van der Waals surface area contributed by atoms with Gasteiger partial charge >= 0.3 is 0 Å². The third-order valence-electron chi connectivity index (χ3n) is 4.98. The van der Waals surface area contributed by atoms with Crippen LogP contribution in [-0.4, -0.2) is 41.5 Å². The molecule has 0 saturated heterocycles. The van der Waals surface area contributed by atoms with E-state index in [0.717, 1.165) is 10.6 Å². The predicted octanol–water partition coefficient (Wildman–Crippen LogP) is 3.84. The summed E-state index contributed by atoms with van der Waals surface area (Å²) in [5.74, 6) is -1.10. The van der Waals surface area contributed by atoms with E-state index in [2.05, 4.69) is 4.98 Å². The smallest absolute Gasteiger partial charge is 0.232 e. The normalized spacial score (nSPS) is 12.0. The zero-order valence-corrected chi connectivity index (χ0v) is 17.5. The Kier molecular flexibility index (Phi) is 4.74. The lowest BCUT2D eigenvalue weighted by Gasteiger charge is -2.20. The van der Waals surface area contributed by atoms with Gasteiger partial charge in [0.1, 0.15) is 11.3 Å². The van der Waals surface area contributed by atoms with Gasteiger partial charge in [-0.2, -0.15) is 0 Å². The molecule has 0 atom stereocenters. The molecule has 10 heteroatoms. The number of aromatic nitrogens is 2. The lowest BCUT2D eigenvalue weighted by Crippen LogP contribution is -2.25. The van der Waals surface area contributed by atoms with Gasteiger partial charge in [0.15, 0.2) is 5.75 Å². The zero-order valence-electron chi connectivity index (χ0n) is 16.0. The van der Waals surface area contributed by atoms with Gasteiger partial charge in [0.25, 0.3) is 0 Å². The van der Waals surface area contributed by atoms with E-state index in [1.807, 2.05) is 0 Å². The van der Waals surface area contributed by atoms with Crippen molar-refractivity contribution in [3.05, 3.63) is 59.1 Å². The van der Waals surface area contributed by atoms with Crippen LogP contribution in [0, 0.1) is 5.82 Å². The van der Waals surface area contributed by atoms with Gasteiger partial charge in [-0.25, -0.2) is 12.8 Å². The average molecular weight is 450 g/mol. The summed E-state index contributed by atoms with van der Waals surface area (Å²) in [5, 5.41) is 22.4. The molecule has 0 spiro atoms. The van der Waals surface area contributed by atoms with E-state index in [-0.39, 0.29) is 39.8 Å². The maximum Gasteiger partial charge on any atom is 0.232 e. The van der Waals surface area contributed by atoms with E-state index in [1.165, 1.54) is 42.2 Å². The van der Waals surface area contributed by atoms with E-state index in [1.54, 1.807) is 12.1 Å². The number of hydrogen-bond acceptors (Lipinski definition) is 5. The quantitative estimate of drug-likeness (QED) is 0.493. The summed E-state index contributed by atoms with van der Waals surface area (Å²) in [7, 11) is -2.26. The second-order valence-electron chi connectivity index (χ2n) is 6.95. The summed E-state index contributed by atoms with van der Waals surface area (Å²) in [4.78, 5) is 4.16. The van der Waals surface area contributed by atoms with Crippen molar-refractivity contribution >= 4 is 49.0 Å². The molecule has 0 aliphatic heterocycles. The summed E-state index contributed by atoms with van der Waals surface area (Å²) in [6.07, 6.45) is 4.06. The van der Waals surface area contributed by atoms with Crippen LogP contribution in [0.4, 0.5) is 10.1 Å². The van der Waals surface area contributed by atoms with Crippen molar-refractivity contribution in [2.24, 2.45) is 0 Å². The molecule has 0 saturated carbocycles. The maximum absolute atomic E-state index is 13.5. The minimum atomic E-state index is -3.65. The largest absolute Gasteiger partial charge is 0.505 e. The SMILES string of the molecule is CN(c1c2cccnc2c(O)c2c(O)n(Cc3ccc(F)c(Cl)c3)cc12)S(C)(=O)=O. The molecule has 4 aromatic rings. The van der Waals surface area contributed by atoms with Crippen LogP contribution in [0.3, 0.4) is 0 Å². The summed E-state index contributed by atoms with van der Waals surface area (Å²) in [6.45, 7) is 0.117. The minimum Gasteiger partial charge on any atom is -0.505 e. The minimum absolute atomic E-state index is 0.0565. The van der Waals surface area contributed by atoms with Gasteiger partial charge in [-0.1, -0.05) is 17.7 Å². The fourth-order valence-electron chi connectivity index (χ4n) is 3.47. The van der Waals surface area contributed by atoms with Gasteiger partial charge in [0.2, 0.25) is 15.9 Å². The molecule has 0 radical (unpaired) electrons. The second-order valence-corrected chi connectivity index (χ2v) is 9.37. The average Bonchev–Trinajstić information content (AvgIpc) is 3.00. The maximum atomic E-state index is 13.5. The Hall–Kier alpha value is -3.04. The fraction of sp³-hybridized carbons (Fsp3) is 0.150. The number of pyridine rings is 1. The van der Waals surface area contributed by atoms with Gasteiger partial charge < -0.3 is 14.8 Å². The molecule has 2 aromatic carbocycles. The number of phenols is 1. The Bertz CT molecular complexity index is 1420. The van der Waals surface area contributed by atoms with E-state index in [0.29, 0.717) is 16.3 Å². The molecular formula is C20H17ClFN3O4S. The van der Waals surface area contributed by atoms with Crippen molar-refractivity contribution in [1.29, 1.82) is 0 Å². The van der Waals surface area contributed by atoms with Crippen LogP contribution in [0.1, 0.15) is 5.56 Å². The second kappa shape index (κ2) is 7.03. The summed E-state index contributed by atoms with van der Waals surface area (Å²) < 4.78 is 40.5. The fourth-order valence-corrected chi connectivity index (χ4v) is 4.20. The van der Waals surface area contributed by atoms with Gasteiger partial charge in [0.05, 0.1) is 28.9 Å². The number of sulfonamides is 1. The Balaban J connectivity index is 2.02. The van der Waals surface area contributed by atoms with Crippen LogP contribution in [0.25, 0.3) is 21.7 Å². The highest BCUT2D eigenvalue weighted by Gasteiger charge is 2.25. The number of fused-ring (bicyclic) bond motifs is 2. The monoisotopic (exact) mass is 449 g/mol. The van der Waals surface area contributed by atoms with Crippen LogP contribution < -0.4 is 4.31 Å². The molecule has 2 aromatic heterocycles. The molecular weight excluding hydrogens is 433 g/mol. The number of nitrogens with zero attached hydrogens (tertiary/aromatic N) is 3. The Morgan fingerprint density at radius 1 is 1.23 bits per heavy atom. The number of aromatic hydroxyl groups is 2. The zero-order chi connectivity index (χ0) is 21.8. The van der Waals surface area contributed by atoms with Gasteiger partial charge in [-0.15, -0.1) is 0 Å². The molecule has 156 valence electrons. The summed E-state index contributed by atoms with van der Waals surface area (Å²) in [5.41, 5.74) is 1.05. The molecule has 7 nitrogen and oxygen atoms in total. The van der Waals surface area contributed by atoms with E-state index >= 15 is 0 Å². The number of rotatable bonds is 4. The van der Waals surface area contributed by atoms with Crippen molar-refractivity contribution in [3.8, 4) is 11.6 Å². The molecule has 30 heavy (non-hydrogen) atoms. The number of halogens is 2. The Morgan fingerprint density at radius 3 is 2.63 bits per heavy atom. The highest BCUT2D eigenvalue weighted by atomic mass is 35.5. The Labute approximate surface area is 176 Å². The highest BCUT2D eigenvalue weighted by molar-refractivity contribution is 7.92. The molecule has 0 aliphatic rings. The van der Waals surface area contributed by atoms with Crippen molar-refractivity contribution in [3.63, 3.8) is 0 Å². The van der Waals surface area contributed by atoms with Crippen molar-refractivity contribution in [2.75, 3.05) is 17.6 Å². The van der Waals surface area contributed by atoms with Crippen molar-refractivity contribution < 1.29 is 23.0 Å². The number of anilines is 1. The van der Waals surface area contributed by atoms with E-state index in [4.69, 9.17) is 11.6 Å². The molecule has 0 amide bonds. The molecule has 0 bridgehead atoms. The molecule has 4 rings (SSSR count). The number of hydrogen-bond donors (Lipinski definition) is 2. The highest BCUT2D eigenvalue weighted by Crippen LogP contribution is 2.46. The van der Waals surface area contributed by atoms with Crippen LogP contribution in [0.5, 0.6) is 11.6 Å². The molecule has 0 fully saturated rings. The first-order valence-corrected chi connectivity index (χ1v) is 11.0.